The summed E-state index contributed by atoms with van der Waals surface area (Å²) in [7, 11) is 0. The second-order valence-electron chi connectivity index (χ2n) is 7.14. The molecule has 2 amide bonds. The summed E-state index contributed by atoms with van der Waals surface area (Å²) in [5, 5.41) is 12.1. The van der Waals surface area contributed by atoms with Crippen molar-refractivity contribution in [2.45, 2.75) is 39.0 Å². The van der Waals surface area contributed by atoms with Gasteiger partial charge < -0.3 is 9.64 Å². The van der Waals surface area contributed by atoms with Crippen molar-refractivity contribution in [3.63, 3.8) is 0 Å². The number of anilines is 2. The Hall–Kier alpha value is -2.48. The lowest BCUT2D eigenvalue weighted by Crippen LogP contribution is -2.23. The van der Waals surface area contributed by atoms with Crippen molar-refractivity contribution in [2.24, 2.45) is 0 Å². The molecule has 1 aromatic heterocycles. The zero-order valence-electron chi connectivity index (χ0n) is 15.1. The van der Waals surface area contributed by atoms with Gasteiger partial charge in [-0.1, -0.05) is 32.1 Å². The van der Waals surface area contributed by atoms with Crippen molar-refractivity contribution in [1.29, 1.82) is 0 Å². The van der Waals surface area contributed by atoms with E-state index in [0.717, 1.165) is 23.7 Å². The molecule has 0 bridgehead atoms. The van der Waals surface area contributed by atoms with E-state index in [1.165, 1.54) is 11.3 Å². The molecule has 7 nitrogen and oxygen atoms in total. The highest BCUT2D eigenvalue weighted by molar-refractivity contribution is 7.15. The van der Waals surface area contributed by atoms with Crippen LogP contribution in [0.2, 0.25) is 0 Å². The number of carbonyl (C=O) groups excluding carboxylic acids is 2. The van der Waals surface area contributed by atoms with Gasteiger partial charge in [-0.15, -0.1) is 10.2 Å². The van der Waals surface area contributed by atoms with Crippen LogP contribution in [0.15, 0.2) is 24.3 Å². The fourth-order valence-electron chi connectivity index (χ4n) is 2.52. The van der Waals surface area contributed by atoms with Gasteiger partial charge in [0.15, 0.2) is 6.61 Å². The summed E-state index contributed by atoms with van der Waals surface area (Å²) in [5.41, 5.74) is 0.753. The number of ether oxygens (including phenoxy) is 1. The molecule has 1 saturated heterocycles. The van der Waals surface area contributed by atoms with Gasteiger partial charge in [0.05, 0.1) is 0 Å². The van der Waals surface area contributed by atoms with E-state index in [1.807, 2.05) is 32.9 Å². The fourth-order valence-corrected chi connectivity index (χ4v) is 3.34. The summed E-state index contributed by atoms with van der Waals surface area (Å²) in [6, 6.07) is 7.18. The highest BCUT2D eigenvalue weighted by Gasteiger charge is 2.22. The summed E-state index contributed by atoms with van der Waals surface area (Å²) in [4.78, 5) is 25.5. The van der Waals surface area contributed by atoms with Crippen LogP contribution in [0.25, 0.3) is 0 Å². The lowest BCUT2D eigenvalue weighted by molar-refractivity contribution is -0.118. The maximum atomic E-state index is 12.0. The molecule has 0 saturated carbocycles. The molecule has 26 heavy (non-hydrogen) atoms. The van der Waals surface area contributed by atoms with Crippen molar-refractivity contribution in [3.8, 4) is 5.75 Å². The van der Waals surface area contributed by atoms with E-state index in [0.29, 0.717) is 17.3 Å². The quantitative estimate of drug-likeness (QED) is 0.870. The van der Waals surface area contributed by atoms with Gasteiger partial charge in [-0.25, -0.2) is 0 Å². The molecule has 3 rings (SSSR count). The van der Waals surface area contributed by atoms with Gasteiger partial charge in [0.2, 0.25) is 11.0 Å². The third-order valence-corrected chi connectivity index (χ3v) is 5.17. The van der Waals surface area contributed by atoms with Crippen LogP contribution in [-0.4, -0.2) is 35.2 Å². The SMILES string of the molecule is CC(C)(C)c1nnc(NC(=O)COc2ccc(N3CCCC3=O)cc2)s1. The first kappa shape index (κ1) is 18.3. The first-order chi connectivity index (χ1) is 12.3. The average molecular weight is 374 g/mol. The summed E-state index contributed by atoms with van der Waals surface area (Å²) < 4.78 is 5.50. The van der Waals surface area contributed by atoms with E-state index in [-0.39, 0.29) is 23.8 Å². The summed E-state index contributed by atoms with van der Waals surface area (Å²) in [5.74, 6) is 0.424. The van der Waals surface area contributed by atoms with Gasteiger partial charge in [0.25, 0.3) is 5.91 Å². The van der Waals surface area contributed by atoms with Crippen LogP contribution in [0.5, 0.6) is 5.75 Å². The van der Waals surface area contributed by atoms with Crippen LogP contribution < -0.4 is 15.0 Å². The standard InChI is InChI=1S/C18H22N4O3S/c1-18(2,3)16-20-21-17(26-16)19-14(23)11-25-13-8-6-12(7-9-13)22-10-4-5-15(22)24/h6-9H,4-5,10-11H2,1-3H3,(H,19,21,23). The minimum atomic E-state index is -0.291. The van der Waals surface area contributed by atoms with Crippen LogP contribution in [0, 0.1) is 0 Å². The maximum Gasteiger partial charge on any atom is 0.264 e. The number of nitrogens with zero attached hydrogens (tertiary/aromatic N) is 3. The number of carbonyl (C=O) groups is 2. The Morgan fingerprint density at radius 3 is 2.58 bits per heavy atom. The van der Waals surface area contributed by atoms with Crippen molar-refractivity contribution in [3.05, 3.63) is 29.3 Å². The van der Waals surface area contributed by atoms with Gasteiger partial charge in [0.1, 0.15) is 10.8 Å². The Morgan fingerprint density at radius 1 is 1.27 bits per heavy atom. The molecule has 1 aliphatic rings. The summed E-state index contributed by atoms with van der Waals surface area (Å²) >= 11 is 1.36. The Bertz CT molecular complexity index is 796. The van der Waals surface area contributed by atoms with Crippen LogP contribution in [-0.2, 0) is 15.0 Å². The third-order valence-electron chi connectivity index (χ3n) is 3.90. The van der Waals surface area contributed by atoms with Crippen molar-refractivity contribution in [1.82, 2.24) is 10.2 Å². The van der Waals surface area contributed by atoms with Crippen LogP contribution >= 0.6 is 11.3 Å². The smallest absolute Gasteiger partial charge is 0.264 e. The van der Waals surface area contributed by atoms with E-state index in [9.17, 15) is 9.59 Å². The Balaban J connectivity index is 1.51. The molecule has 0 aliphatic carbocycles. The molecule has 1 aromatic carbocycles. The minimum Gasteiger partial charge on any atom is -0.484 e. The molecule has 0 atom stereocenters. The van der Waals surface area contributed by atoms with Gasteiger partial charge in [-0.3, -0.25) is 14.9 Å². The highest BCUT2D eigenvalue weighted by atomic mass is 32.1. The zero-order valence-corrected chi connectivity index (χ0v) is 15.9. The number of benzene rings is 1. The Labute approximate surface area is 156 Å². The minimum absolute atomic E-state index is 0.102. The number of nitrogens with one attached hydrogen (secondary N) is 1. The van der Waals surface area contributed by atoms with E-state index >= 15 is 0 Å². The summed E-state index contributed by atoms with van der Waals surface area (Å²) in [6.45, 7) is 6.76. The molecule has 8 heteroatoms. The average Bonchev–Trinajstić information content (AvgIpc) is 3.22. The first-order valence-electron chi connectivity index (χ1n) is 8.50. The van der Waals surface area contributed by atoms with Gasteiger partial charge in [-0.05, 0) is 30.7 Å². The van der Waals surface area contributed by atoms with E-state index in [2.05, 4.69) is 15.5 Å². The number of aromatic nitrogens is 2. The summed E-state index contributed by atoms with van der Waals surface area (Å²) in [6.07, 6.45) is 1.49. The van der Waals surface area contributed by atoms with Crippen molar-refractivity contribution in [2.75, 3.05) is 23.4 Å². The Kier molecular flexibility index (Phi) is 5.22. The number of rotatable bonds is 5. The van der Waals surface area contributed by atoms with Crippen LogP contribution in [0.4, 0.5) is 10.8 Å². The third kappa shape index (κ3) is 4.37. The predicted octanol–water partition coefficient (Wildman–Crippen LogP) is 2.98. The van der Waals surface area contributed by atoms with Gasteiger partial charge >= 0.3 is 0 Å². The van der Waals surface area contributed by atoms with Gasteiger partial charge in [0, 0.05) is 24.1 Å². The second-order valence-corrected chi connectivity index (χ2v) is 8.12. The van der Waals surface area contributed by atoms with E-state index < -0.39 is 0 Å². The van der Waals surface area contributed by atoms with Crippen molar-refractivity contribution < 1.29 is 14.3 Å². The first-order valence-corrected chi connectivity index (χ1v) is 9.31. The normalized spacial score (nSPS) is 14.6. The predicted molar refractivity (Wildman–Crippen MR) is 101 cm³/mol. The molecule has 138 valence electrons. The largest absolute Gasteiger partial charge is 0.484 e. The zero-order chi connectivity index (χ0) is 18.7. The molecule has 0 unspecified atom stereocenters. The number of hydrogen-bond donors (Lipinski definition) is 1. The Morgan fingerprint density at radius 2 is 2.00 bits per heavy atom. The van der Waals surface area contributed by atoms with Crippen molar-refractivity contribution >= 4 is 34.0 Å². The van der Waals surface area contributed by atoms with Crippen LogP contribution in [0.3, 0.4) is 0 Å². The number of hydrogen-bond acceptors (Lipinski definition) is 6. The molecule has 1 N–H and O–H groups in total. The molecule has 2 aromatic rings. The molecule has 0 radical (unpaired) electrons. The van der Waals surface area contributed by atoms with Crippen LogP contribution in [0.1, 0.15) is 38.6 Å². The monoisotopic (exact) mass is 374 g/mol. The molecule has 1 fully saturated rings. The molecular weight excluding hydrogens is 352 g/mol. The fraction of sp³-hybridized carbons (Fsp3) is 0.444. The molecule has 2 heterocycles. The lowest BCUT2D eigenvalue weighted by atomic mass is 9.98. The highest BCUT2D eigenvalue weighted by Crippen LogP contribution is 2.27. The molecular formula is C18H22N4O3S. The van der Waals surface area contributed by atoms with E-state index in [1.54, 1.807) is 17.0 Å². The van der Waals surface area contributed by atoms with Gasteiger partial charge in [-0.2, -0.15) is 0 Å². The van der Waals surface area contributed by atoms with E-state index in [4.69, 9.17) is 4.74 Å². The maximum absolute atomic E-state index is 12.0. The second kappa shape index (κ2) is 7.41. The molecule has 1 aliphatic heterocycles. The number of amides is 2. The lowest BCUT2D eigenvalue weighted by Gasteiger charge is -2.16. The topological polar surface area (TPSA) is 84.4 Å². The molecule has 0 spiro atoms.